The van der Waals surface area contributed by atoms with Crippen molar-refractivity contribution in [1.29, 1.82) is 0 Å². The smallest absolute Gasteiger partial charge is 0.239 e. The van der Waals surface area contributed by atoms with Crippen molar-refractivity contribution in [2.24, 2.45) is 5.92 Å². The number of carbonyl (C=O) groups is 1. The lowest BCUT2D eigenvalue weighted by atomic mass is 10.0. The number of hydrogen-bond donors (Lipinski definition) is 1. The van der Waals surface area contributed by atoms with E-state index in [1.165, 1.54) is 6.07 Å². The van der Waals surface area contributed by atoms with E-state index in [0.717, 1.165) is 0 Å². The first-order chi connectivity index (χ1) is 9.32. The van der Waals surface area contributed by atoms with E-state index in [1.807, 2.05) is 0 Å². The molecule has 20 heavy (non-hydrogen) atoms. The van der Waals surface area contributed by atoms with Crippen LogP contribution in [-0.4, -0.2) is 30.9 Å². The molecule has 1 unspecified atom stereocenters. The first-order valence-electron chi connectivity index (χ1n) is 6.70. The zero-order valence-corrected chi connectivity index (χ0v) is 13.2. The molecule has 1 N–H and O–H groups in total. The van der Waals surface area contributed by atoms with Gasteiger partial charge in [0.15, 0.2) is 0 Å². The number of halogens is 2. The van der Waals surface area contributed by atoms with Gasteiger partial charge in [0.1, 0.15) is 5.82 Å². The molecule has 1 rings (SSSR count). The van der Waals surface area contributed by atoms with Crippen LogP contribution in [0.3, 0.4) is 0 Å². The van der Waals surface area contributed by atoms with Gasteiger partial charge in [-0.3, -0.25) is 4.79 Å². The third-order valence-electron chi connectivity index (χ3n) is 3.02. The number of likely N-dealkylation sites (N-methyl/N-ethyl adjacent to an activating group) is 1. The molecule has 0 spiro atoms. The first kappa shape index (κ1) is 16.9. The van der Waals surface area contributed by atoms with Crippen molar-refractivity contribution >= 4 is 17.5 Å². The van der Waals surface area contributed by atoms with Gasteiger partial charge in [0.05, 0.1) is 11.1 Å². The Kier molecular flexibility index (Phi) is 6.43. The summed E-state index contributed by atoms with van der Waals surface area (Å²) in [6.45, 7) is 4.39. The minimum Gasteiger partial charge on any atom is -0.347 e. The van der Waals surface area contributed by atoms with Crippen molar-refractivity contribution in [2.75, 3.05) is 14.1 Å². The van der Waals surface area contributed by atoms with Crippen LogP contribution >= 0.6 is 11.6 Å². The highest BCUT2D eigenvalue weighted by atomic mass is 35.5. The summed E-state index contributed by atoms with van der Waals surface area (Å²) in [5.41, 5.74) is 0.470. The quantitative estimate of drug-likeness (QED) is 0.875. The largest absolute Gasteiger partial charge is 0.347 e. The first-order valence-corrected chi connectivity index (χ1v) is 7.08. The standard InChI is InChI=1S/C15H22ClFN2O/c1-10(2)8-13(15(20)19(3)4)18-9-11-6-5-7-12(16)14(11)17/h5-7,10,13,18H,8-9H2,1-4H3. The predicted octanol–water partition coefficient (Wildman–Crippen LogP) is 3.07. The average Bonchev–Trinajstić information content (AvgIpc) is 2.37. The molecule has 0 radical (unpaired) electrons. The highest BCUT2D eigenvalue weighted by Gasteiger charge is 2.21. The van der Waals surface area contributed by atoms with Crippen LogP contribution in [0.1, 0.15) is 25.8 Å². The van der Waals surface area contributed by atoms with E-state index in [9.17, 15) is 9.18 Å². The molecule has 5 heteroatoms. The van der Waals surface area contributed by atoms with E-state index in [4.69, 9.17) is 11.6 Å². The van der Waals surface area contributed by atoms with Crippen LogP contribution in [0.2, 0.25) is 5.02 Å². The molecule has 0 aliphatic rings. The van der Waals surface area contributed by atoms with E-state index in [1.54, 1.807) is 31.1 Å². The van der Waals surface area contributed by atoms with Gasteiger partial charge in [-0.15, -0.1) is 0 Å². The molecule has 0 heterocycles. The minimum atomic E-state index is -0.428. The molecule has 0 aliphatic carbocycles. The van der Waals surface area contributed by atoms with Crippen molar-refractivity contribution in [3.8, 4) is 0 Å². The molecule has 1 amide bonds. The van der Waals surface area contributed by atoms with Crippen LogP contribution in [0, 0.1) is 11.7 Å². The fourth-order valence-corrected chi connectivity index (χ4v) is 2.17. The highest BCUT2D eigenvalue weighted by Crippen LogP contribution is 2.18. The fourth-order valence-electron chi connectivity index (χ4n) is 1.97. The lowest BCUT2D eigenvalue weighted by Gasteiger charge is -2.23. The molecular weight excluding hydrogens is 279 g/mol. The number of nitrogens with one attached hydrogen (secondary N) is 1. The Morgan fingerprint density at radius 1 is 1.40 bits per heavy atom. The molecule has 1 aromatic rings. The lowest BCUT2D eigenvalue weighted by molar-refractivity contribution is -0.131. The van der Waals surface area contributed by atoms with Gasteiger partial charge in [-0.1, -0.05) is 37.6 Å². The summed E-state index contributed by atoms with van der Waals surface area (Å²) in [5.74, 6) is -0.0518. The van der Waals surface area contributed by atoms with Crippen molar-refractivity contribution < 1.29 is 9.18 Å². The van der Waals surface area contributed by atoms with Crippen LogP contribution in [0.25, 0.3) is 0 Å². The maximum Gasteiger partial charge on any atom is 0.239 e. The second-order valence-electron chi connectivity index (χ2n) is 5.51. The monoisotopic (exact) mass is 300 g/mol. The van der Waals surface area contributed by atoms with Gasteiger partial charge in [-0.2, -0.15) is 0 Å². The molecule has 0 saturated heterocycles. The Morgan fingerprint density at radius 3 is 2.60 bits per heavy atom. The number of rotatable bonds is 6. The molecule has 0 fully saturated rings. The molecular formula is C15H22ClFN2O. The second kappa shape index (κ2) is 7.60. The second-order valence-corrected chi connectivity index (χ2v) is 5.92. The van der Waals surface area contributed by atoms with Crippen LogP contribution < -0.4 is 5.32 Å². The summed E-state index contributed by atoms with van der Waals surface area (Å²) >= 11 is 5.75. The summed E-state index contributed by atoms with van der Waals surface area (Å²) < 4.78 is 13.8. The van der Waals surface area contributed by atoms with E-state index in [2.05, 4.69) is 19.2 Å². The Morgan fingerprint density at radius 2 is 2.05 bits per heavy atom. The van der Waals surface area contributed by atoms with Gasteiger partial charge >= 0.3 is 0 Å². The van der Waals surface area contributed by atoms with Crippen LogP contribution in [-0.2, 0) is 11.3 Å². The van der Waals surface area contributed by atoms with Crippen molar-refractivity contribution in [2.45, 2.75) is 32.9 Å². The molecule has 0 aliphatic heterocycles. The summed E-state index contributed by atoms with van der Waals surface area (Å²) in [4.78, 5) is 13.6. The number of nitrogens with zero attached hydrogens (tertiary/aromatic N) is 1. The molecule has 1 aromatic carbocycles. The summed E-state index contributed by atoms with van der Waals surface area (Å²) in [7, 11) is 3.44. The number of hydrogen-bond acceptors (Lipinski definition) is 2. The third-order valence-corrected chi connectivity index (χ3v) is 3.31. The number of carbonyl (C=O) groups excluding carboxylic acids is 1. The number of benzene rings is 1. The van der Waals surface area contributed by atoms with Gasteiger partial charge in [-0.25, -0.2) is 4.39 Å². The van der Waals surface area contributed by atoms with Crippen molar-refractivity contribution in [1.82, 2.24) is 10.2 Å². The molecule has 3 nitrogen and oxygen atoms in total. The zero-order chi connectivity index (χ0) is 15.3. The molecule has 0 aromatic heterocycles. The minimum absolute atomic E-state index is 0.00105. The Balaban J connectivity index is 2.75. The van der Waals surface area contributed by atoms with Crippen LogP contribution in [0.15, 0.2) is 18.2 Å². The maximum atomic E-state index is 13.8. The topological polar surface area (TPSA) is 32.3 Å². The summed E-state index contributed by atoms with van der Waals surface area (Å²) in [6, 6.07) is 4.56. The van der Waals surface area contributed by atoms with Gasteiger partial charge in [0.25, 0.3) is 0 Å². The van der Waals surface area contributed by atoms with E-state index < -0.39 is 5.82 Å². The van der Waals surface area contributed by atoms with Crippen molar-refractivity contribution in [3.05, 3.63) is 34.6 Å². The van der Waals surface area contributed by atoms with Gasteiger partial charge in [-0.05, 0) is 18.4 Å². The Labute approximate surface area is 125 Å². The van der Waals surface area contributed by atoms with E-state index in [0.29, 0.717) is 17.9 Å². The van der Waals surface area contributed by atoms with E-state index in [-0.39, 0.29) is 23.5 Å². The van der Waals surface area contributed by atoms with Gasteiger partial charge in [0.2, 0.25) is 5.91 Å². The molecule has 0 saturated carbocycles. The highest BCUT2D eigenvalue weighted by molar-refractivity contribution is 6.30. The lowest BCUT2D eigenvalue weighted by Crippen LogP contribution is -2.44. The predicted molar refractivity (Wildman–Crippen MR) is 80.2 cm³/mol. The van der Waals surface area contributed by atoms with Crippen LogP contribution in [0.5, 0.6) is 0 Å². The summed E-state index contributed by atoms with van der Waals surface area (Å²) in [6.07, 6.45) is 0.708. The third kappa shape index (κ3) is 4.76. The Hall–Kier alpha value is -1.13. The summed E-state index contributed by atoms with van der Waals surface area (Å²) in [5, 5.41) is 3.23. The molecule has 0 bridgehead atoms. The SMILES string of the molecule is CC(C)CC(NCc1cccc(Cl)c1F)C(=O)N(C)C. The zero-order valence-electron chi connectivity index (χ0n) is 12.4. The fraction of sp³-hybridized carbons (Fsp3) is 0.533. The van der Waals surface area contributed by atoms with E-state index >= 15 is 0 Å². The van der Waals surface area contributed by atoms with Crippen molar-refractivity contribution in [3.63, 3.8) is 0 Å². The molecule has 112 valence electrons. The van der Waals surface area contributed by atoms with Gasteiger partial charge < -0.3 is 10.2 Å². The Bertz CT molecular complexity index is 463. The maximum absolute atomic E-state index is 13.8. The van der Waals surface area contributed by atoms with Gasteiger partial charge in [0, 0.05) is 26.2 Å². The number of amides is 1. The molecule has 1 atom stereocenters. The normalized spacial score (nSPS) is 12.6. The average molecular weight is 301 g/mol. The van der Waals surface area contributed by atoms with Crippen LogP contribution in [0.4, 0.5) is 4.39 Å².